The van der Waals surface area contributed by atoms with E-state index in [1.807, 2.05) is 0 Å². The van der Waals surface area contributed by atoms with Gasteiger partial charge in [0.2, 0.25) is 0 Å². The minimum Gasteiger partial charge on any atom is -0.302 e. The molecule has 0 saturated carbocycles. The Balaban J connectivity index is 2.54. The molecule has 2 rings (SSSR count). The third kappa shape index (κ3) is 2.00. The van der Waals surface area contributed by atoms with Crippen LogP contribution in [0.1, 0.15) is 11.3 Å². The van der Waals surface area contributed by atoms with E-state index >= 15 is 0 Å². The normalized spacial score (nSPS) is 12.3. The number of aromatic nitrogens is 2. The quantitative estimate of drug-likeness (QED) is 0.756. The van der Waals surface area contributed by atoms with Gasteiger partial charge in [0, 0.05) is 12.4 Å². The first-order valence-electron chi connectivity index (χ1n) is 4.56. The van der Waals surface area contributed by atoms with Gasteiger partial charge in [-0.05, 0) is 18.6 Å². The Labute approximate surface area is 94.7 Å². The maximum Gasteiger partial charge on any atom is 0.394 e. The third-order valence-electron chi connectivity index (χ3n) is 2.27. The van der Waals surface area contributed by atoms with Crippen molar-refractivity contribution in [1.29, 1.82) is 0 Å². The molecular formula is C10H8ClF3N2. The molecule has 0 aromatic carbocycles. The van der Waals surface area contributed by atoms with Gasteiger partial charge in [-0.3, -0.25) is 0 Å². The number of nitrogens with zero attached hydrogens (tertiary/aromatic N) is 2. The summed E-state index contributed by atoms with van der Waals surface area (Å²) < 4.78 is 38.1. The molecule has 0 N–H and O–H groups in total. The first-order valence-corrected chi connectivity index (χ1v) is 4.94. The average Bonchev–Trinajstić information content (AvgIpc) is 2.53. The van der Waals surface area contributed by atoms with Crippen LogP contribution in [-0.4, -0.2) is 15.6 Å². The molecule has 0 atom stereocenters. The lowest BCUT2D eigenvalue weighted by molar-refractivity contribution is -0.127. The number of fused-ring (bicyclic) bond motifs is 1. The molecule has 6 heteroatoms. The lowest BCUT2D eigenvalue weighted by Gasteiger charge is -2.06. The van der Waals surface area contributed by atoms with Crippen molar-refractivity contribution < 1.29 is 13.2 Å². The Kier molecular flexibility index (Phi) is 2.58. The second-order valence-electron chi connectivity index (χ2n) is 3.55. The summed E-state index contributed by atoms with van der Waals surface area (Å²) in [6, 6.07) is 1.66. The summed E-state index contributed by atoms with van der Waals surface area (Å²) in [5, 5.41) is 0.385. The van der Waals surface area contributed by atoms with E-state index in [0.717, 1.165) is 5.56 Å². The van der Waals surface area contributed by atoms with Crippen molar-refractivity contribution in [3.63, 3.8) is 0 Å². The van der Waals surface area contributed by atoms with Crippen LogP contribution >= 0.6 is 11.6 Å². The van der Waals surface area contributed by atoms with Crippen molar-refractivity contribution in [2.45, 2.75) is 19.5 Å². The number of hydrogen-bond donors (Lipinski definition) is 0. The Bertz CT molecular complexity index is 531. The molecule has 0 amide bonds. The highest BCUT2D eigenvalue weighted by Crippen LogP contribution is 2.25. The summed E-state index contributed by atoms with van der Waals surface area (Å²) in [4.78, 5) is 3.89. The first kappa shape index (κ1) is 11.3. The van der Waals surface area contributed by atoms with Crippen LogP contribution in [0.25, 0.3) is 5.65 Å². The van der Waals surface area contributed by atoms with Gasteiger partial charge in [-0.2, -0.15) is 13.2 Å². The Morgan fingerprint density at radius 2 is 2.12 bits per heavy atom. The second-order valence-corrected chi connectivity index (χ2v) is 3.93. The monoisotopic (exact) mass is 248 g/mol. The van der Waals surface area contributed by atoms with Gasteiger partial charge < -0.3 is 4.40 Å². The third-order valence-corrected chi connectivity index (χ3v) is 2.74. The molecule has 2 heterocycles. The summed E-state index contributed by atoms with van der Waals surface area (Å²) in [5.74, 6) is 0. The van der Waals surface area contributed by atoms with E-state index in [9.17, 15) is 13.2 Å². The molecule has 86 valence electrons. The summed E-state index contributed by atoms with van der Waals surface area (Å²) in [5.41, 5.74) is 1.24. The number of hydrogen-bond acceptors (Lipinski definition) is 1. The highest BCUT2D eigenvalue weighted by atomic mass is 35.5. The van der Waals surface area contributed by atoms with Crippen molar-refractivity contribution in [2.75, 3.05) is 0 Å². The van der Waals surface area contributed by atoms with Crippen molar-refractivity contribution >= 4 is 17.2 Å². The zero-order valence-electron chi connectivity index (χ0n) is 8.35. The predicted octanol–water partition coefficient (Wildman–Crippen LogP) is 3.40. The number of halogens is 4. The van der Waals surface area contributed by atoms with Crippen molar-refractivity contribution in [1.82, 2.24) is 9.38 Å². The van der Waals surface area contributed by atoms with Crippen molar-refractivity contribution in [3.05, 3.63) is 34.7 Å². The molecule has 0 fully saturated rings. The SMILES string of the molecule is Cc1ccn2c(CC(F)(F)F)cnc2c1Cl. The largest absolute Gasteiger partial charge is 0.394 e. The van der Waals surface area contributed by atoms with Crippen molar-refractivity contribution in [3.8, 4) is 0 Å². The fraction of sp³-hybridized carbons (Fsp3) is 0.300. The fourth-order valence-electron chi connectivity index (χ4n) is 1.50. The molecule has 16 heavy (non-hydrogen) atoms. The van der Waals surface area contributed by atoms with Gasteiger partial charge in [0.25, 0.3) is 0 Å². The highest BCUT2D eigenvalue weighted by molar-refractivity contribution is 6.34. The molecule has 0 radical (unpaired) electrons. The zero-order valence-corrected chi connectivity index (χ0v) is 9.10. The average molecular weight is 249 g/mol. The summed E-state index contributed by atoms with van der Waals surface area (Å²) in [6.07, 6.45) is -2.50. The van der Waals surface area contributed by atoms with E-state index in [0.29, 0.717) is 10.7 Å². The zero-order chi connectivity index (χ0) is 11.9. The number of alkyl halides is 3. The van der Waals surface area contributed by atoms with E-state index in [1.165, 1.54) is 10.6 Å². The van der Waals surface area contributed by atoms with Gasteiger partial charge in [-0.1, -0.05) is 11.6 Å². The van der Waals surface area contributed by atoms with Crippen molar-refractivity contribution in [2.24, 2.45) is 0 Å². The smallest absolute Gasteiger partial charge is 0.302 e. The lowest BCUT2D eigenvalue weighted by Crippen LogP contribution is -2.13. The van der Waals surface area contributed by atoms with Crippen LogP contribution in [-0.2, 0) is 6.42 Å². The molecule has 0 bridgehead atoms. The minimum atomic E-state index is -4.24. The van der Waals surface area contributed by atoms with Crippen LogP contribution in [0.15, 0.2) is 18.5 Å². The second kappa shape index (κ2) is 3.66. The van der Waals surface area contributed by atoms with Crippen LogP contribution in [0, 0.1) is 6.92 Å². The summed E-state index contributed by atoms with van der Waals surface area (Å²) >= 11 is 5.95. The van der Waals surface area contributed by atoms with Gasteiger partial charge in [-0.25, -0.2) is 4.98 Å². The first-order chi connectivity index (χ1) is 7.38. The number of aryl methyl sites for hydroxylation is 1. The lowest BCUT2D eigenvalue weighted by atomic mass is 10.3. The molecule has 0 aliphatic carbocycles. The van der Waals surface area contributed by atoms with E-state index in [1.54, 1.807) is 19.2 Å². The maximum atomic E-state index is 12.3. The van der Waals surface area contributed by atoms with Crippen LogP contribution in [0.3, 0.4) is 0 Å². The number of imidazole rings is 1. The van der Waals surface area contributed by atoms with Gasteiger partial charge in [-0.15, -0.1) is 0 Å². The Morgan fingerprint density at radius 3 is 2.75 bits per heavy atom. The fourth-order valence-corrected chi connectivity index (χ4v) is 1.70. The Morgan fingerprint density at radius 1 is 1.44 bits per heavy atom. The molecular weight excluding hydrogens is 241 g/mol. The van der Waals surface area contributed by atoms with Crippen LogP contribution in [0.2, 0.25) is 5.02 Å². The van der Waals surface area contributed by atoms with E-state index in [4.69, 9.17) is 11.6 Å². The van der Waals surface area contributed by atoms with E-state index < -0.39 is 12.6 Å². The van der Waals surface area contributed by atoms with Crippen LogP contribution < -0.4 is 0 Å². The topological polar surface area (TPSA) is 17.3 Å². The van der Waals surface area contributed by atoms with Crippen LogP contribution in [0.5, 0.6) is 0 Å². The Hall–Kier alpha value is -1.23. The van der Waals surface area contributed by atoms with E-state index in [2.05, 4.69) is 4.98 Å². The van der Waals surface area contributed by atoms with Gasteiger partial charge >= 0.3 is 6.18 Å². The summed E-state index contributed by atoms with van der Waals surface area (Å²) in [6.45, 7) is 1.78. The standard InChI is InChI=1S/C10H8ClF3N2/c1-6-2-3-16-7(4-10(12,13)14)5-15-9(16)8(6)11/h2-3,5H,4H2,1H3. The maximum absolute atomic E-state index is 12.3. The molecule has 0 saturated heterocycles. The molecule has 0 aliphatic heterocycles. The van der Waals surface area contributed by atoms with Crippen LogP contribution in [0.4, 0.5) is 13.2 Å². The highest BCUT2D eigenvalue weighted by Gasteiger charge is 2.29. The van der Waals surface area contributed by atoms with Gasteiger partial charge in [0.15, 0.2) is 5.65 Å². The molecule has 0 unspecified atom stereocenters. The summed E-state index contributed by atoms with van der Waals surface area (Å²) in [7, 11) is 0. The number of rotatable bonds is 1. The minimum absolute atomic E-state index is 0.0874. The molecule has 0 aliphatic rings. The van der Waals surface area contributed by atoms with Gasteiger partial charge in [0.1, 0.15) is 0 Å². The number of pyridine rings is 1. The predicted molar refractivity (Wildman–Crippen MR) is 54.7 cm³/mol. The van der Waals surface area contributed by atoms with Gasteiger partial charge in [0.05, 0.1) is 17.1 Å². The van der Waals surface area contributed by atoms with E-state index in [-0.39, 0.29) is 5.69 Å². The molecule has 2 aromatic heterocycles. The molecule has 2 aromatic rings. The molecule has 0 spiro atoms. The molecule has 2 nitrogen and oxygen atoms in total.